The summed E-state index contributed by atoms with van der Waals surface area (Å²) in [7, 11) is 1.63. The topological polar surface area (TPSA) is 73.3 Å². The largest absolute Gasteiger partial charge is 0.465 e. The smallest absolute Gasteiger partial charge is 0.416 e. The Labute approximate surface area is 213 Å². The average molecular weight is 518 g/mol. The second-order valence-electron chi connectivity index (χ2n) is 10.2. The van der Waals surface area contributed by atoms with Crippen LogP contribution in [-0.2, 0) is 16.5 Å². The van der Waals surface area contributed by atoms with Gasteiger partial charge in [-0.05, 0) is 54.8 Å². The minimum absolute atomic E-state index is 0.0332. The van der Waals surface area contributed by atoms with Crippen LogP contribution >= 0.6 is 0 Å². The predicted molar refractivity (Wildman–Crippen MR) is 131 cm³/mol. The molecule has 2 atom stereocenters. The number of piperidine rings is 1. The van der Waals surface area contributed by atoms with Crippen molar-refractivity contribution in [2.75, 3.05) is 51.3 Å². The second kappa shape index (κ2) is 9.55. The highest BCUT2D eigenvalue weighted by molar-refractivity contribution is 5.94. The number of anilines is 1. The summed E-state index contributed by atoms with van der Waals surface area (Å²) in [5.41, 5.74) is 1.08. The van der Waals surface area contributed by atoms with E-state index in [1.54, 1.807) is 7.11 Å². The molecule has 3 aliphatic rings. The molecule has 198 valence electrons. The molecule has 7 nitrogen and oxygen atoms in total. The Kier molecular flexibility index (Phi) is 6.55. The maximum atomic E-state index is 13.2. The molecule has 5 rings (SSSR count). The Morgan fingerprint density at radius 3 is 1.95 bits per heavy atom. The summed E-state index contributed by atoms with van der Waals surface area (Å²) in [5, 5.41) is 9.22. The Morgan fingerprint density at radius 1 is 0.892 bits per heavy atom. The number of hydrogen-bond donors (Lipinski definition) is 1. The zero-order valence-corrected chi connectivity index (χ0v) is 20.6. The van der Waals surface area contributed by atoms with Gasteiger partial charge < -0.3 is 24.5 Å². The monoisotopic (exact) mass is 517 g/mol. The van der Waals surface area contributed by atoms with Crippen LogP contribution in [-0.4, -0.2) is 73.3 Å². The Balaban J connectivity index is 1.19. The molecule has 3 heterocycles. The lowest BCUT2D eigenvalue weighted by atomic mass is 9.84. The number of carboxylic acid groups (broad SMARTS) is 1. The number of rotatable bonds is 4. The highest BCUT2D eigenvalue weighted by Gasteiger charge is 2.42. The standard InChI is InChI=1S/C27H30F3N3O4/c1-37-26(10-12-31(13-11-26)25(35)36)21-4-2-18(3-5-21)24(34)33-16-19-14-32(15-20(19)17-33)23-8-6-22(7-9-23)27(28,29)30/h2-9,19-20H,10-17H2,1H3,(H,35,36). The van der Waals surface area contributed by atoms with Crippen molar-refractivity contribution in [3.8, 4) is 0 Å². The van der Waals surface area contributed by atoms with Gasteiger partial charge in [0.1, 0.15) is 0 Å². The van der Waals surface area contributed by atoms with Crippen molar-refractivity contribution >= 4 is 17.7 Å². The SMILES string of the molecule is COC1(c2ccc(C(=O)N3CC4CN(c5ccc(C(F)(F)F)cc5)CC4C3)cc2)CCN(C(=O)O)CC1. The van der Waals surface area contributed by atoms with Gasteiger partial charge in [0.05, 0.1) is 11.2 Å². The quantitative estimate of drug-likeness (QED) is 0.645. The van der Waals surface area contributed by atoms with E-state index in [2.05, 4.69) is 4.90 Å². The highest BCUT2D eigenvalue weighted by Crippen LogP contribution is 2.38. The summed E-state index contributed by atoms with van der Waals surface area (Å²) in [4.78, 5) is 29.8. The first-order chi connectivity index (χ1) is 17.6. The van der Waals surface area contributed by atoms with E-state index >= 15 is 0 Å². The van der Waals surface area contributed by atoms with Crippen molar-refractivity contribution in [1.82, 2.24) is 9.80 Å². The van der Waals surface area contributed by atoms with E-state index in [9.17, 15) is 27.9 Å². The van der Waals surface area contributed by atoms with E-state index in [1.165, 1.54) is 17.0 Å². The van der Waals surface area contributed by atoms with Gasteiger partial charge in [0.2, 0.25) is 0 Å². The van der Waals surface area contributed by atoms with Gasteiger partial charge in [0.15, 0.2) is 0 Å². The Hall–Kier alpha value is -3.27. The minimum Gasteiger partial charge on any atom is -0.465 e. The molecule has 0 saturated carbocycles. The third-order valence-corrected chi connectivity index (χ3v) is 8.22. The van der Waals surface area contributed by atoms with Gasteiger partial charge in [-0.2, -0.15) is 13.2 Å². The fourth-order valence-corrected chi connectivity index (χ4v) is 6.00. The van der Waals surface area contributed by atoms with E-state index in [0.29, 0.717) is 57.7 Å². The second-order valence-corrected chi connectivity index (χ2v) is 10.2. The summed E-state index contributed by atoms with van der Waals surface area (Å²) >= 11 is 0. The maximum absolute atomic E-state index is 13.2. The number of likely N-dealkylation sites (tertiary alicyclic amines) is 2. The van der Waals surface area contributed by atoms with Crippen LogP contribution in [0.4, 0.5) is 23.7 Å². The van der Waals surface area contributed by atoms with Gasteiger partial charge in [0.25, 0.3) is 5.91 Å². The predicted octanol–water partition coefficient (Wildman–Crippen LogP) is 4.53. The molecule has 1 N–H and O–H groups in total. The molecule has 3 saturated heterocycles. The summed E-state index contributed by atoms with van der Waals surface area (Å²) in [6.07, 6.45) is -4.17. The van der Waals surface area contributed by atoms with Gasteiger partial charge in [0, 0.05) is 69.5 Å². The zero-order chi connectivity index (χ0) is 26.4. The number of nitrogens with zero attached hydrogens (tertiary/aromatic N) is 3. The van der Waals surface area contributed by atoms with Crippen molar-refractivity contribution < 1.29 is 32.6 Å². The fraction of sp³-hybridized carbons (Fsp3) is 0.481. The van der Waals surface area contributed by atoms with Crippen LogP contribution in [0.5, 0.6) is 0 Å². The van der Waals surface area contributed by atoms with Gasteiger partial charge in [-0.15, -0.1) is 0 Å². The lowest BCUT2D eigenvalue weighted by molar-refractivity contribution is -0.137. The molecule has 37 heavy (non-hydrogen) atoms. The first-order valence-corrected chi connectivity index (χ1v) is 12.4. The van der Waals surface area contributed by atoms with Crippen LogP contribution in [0.3, 0.4) is 0 Å². The molecule has 2 amide bonds. The zero-order valence-electron chi connectivity index (χ0n) is 20.6. The minimum atomic E-state index is -4.35. The van der Waals surface area contributed by atoms with E-state index in [4.69, 9.17) is 4.74 Å². The number of fused-ring (bicyclic) bond motifs is 1. The van der Waals surface area contributed by atoms with Crippen molar-refractivity contribution in [3.63, 3.8) is 0 Å². The van der Waals surface area contributed by atoms with Crippen molar-refractivity contribution in [2.45, 2.75) is 24.6 Å². The molecule has 10 heteroatoms. The Morgan fingerprint density at radius 2 is 1.46 bits per heavy atom. The summed E-state index contributed by atoms with van der Waals surface area (Å²) in [6, 6.07) is 12.7. The Bertz CT molecular complexity index is 1130. The first kappa shape index (κ1) is 25.4. The summed E-state index contributed by atoms with van der Waals surface area (Å²) < 4.78 is 44.4. The average Bonchev–Trinajstić information content (AvgIpc) is 3.48. The van der Waals surface area contributed by atoms with E-state index in [0.717, 1.165) is 23.4 Å². The number of ether oxygens (including phenoxy) is 1. The lowest BCUT2D eigenvalue weighted by Gasteiger charge is -2.40. The van der Waals surface area contributed by atoms with Gasteiger partial charge in [-0.25, -0.2) is 4.79 Å². The number of halogens is 3. The van der Waals surface area contributed by atoms with Crippen LogP contribution in [0, 0.1) is 11.8 Å². The van der Waals surface area contributed by atoms with Crippen LogP contribution in [0.1, 0.15) is 34.3 Å². The number of methoxy groups -OCH3 is 1. The lowest BCUT2D eigenvalue weighted by Crippen LogP contribution is -2.45. The molecule has 0 aromatic heterocycles. The molecule has 0 radical (unpaired) electrons. The van der Waals surface area contributed by atoms with Crippen LogP contribution in [0.15, 0.2) is 48.5 Å². The molecule has 0 bridgehead atoms. The fourth-order valence-electron chi connectivity index (χ4n) is 6.00. The van der Waals surface area contributed by atoms with E-state index in [-0.39, 0.29) is 17.7 Å². The van der Waals surface area contributed by atoms with E-state index in [1.807, 2.05) is 29.2 Å². The normalized spacial score (nSPS) is 23.3. The molecular weight excluding hydrogens is 487 g/mol. The molecule has 2 unspecified atom stereocenters. The number of amides is 2. The molecule has 0 spiro atoms. The summed E-state index contributed by atoms with van der Waals surface area (Å²) in [6.45, 7) is 3.45. The van der Waals surface area contributed by atoms with Gasteiger partial charge in [-0.3, -0.25) is 4.79 Å². The van der Waals surface area contributed by atoms with Crippen molar-refractivity contribution in [3.05, 3.63) is 65.2 Å². The molecule has 2 aromatic carbocycles. The number of carbonyl (C=O) groups is 2. The first-order valence-electron chi connectivity index (χ1n) is 12.4. The number of benzene rings is 2. The van der Waals surface area contributed by atoms with Gasteiger partial charge in [-0.1, -0.05) is 12.1 Å². The maximum Gasteiger partial charge on any atom is 0.416 e. The molecule has 3 aliphatic heterocycles. The number of alkyl halides is 3. The van der Waals surface area contributed by atoms with Crippen molar-refractivity contribution in [1.29, 1.82) is 0 Å². The molecular formula is C27H30F3N3O4. The van der Waals surface area contributed by atoms with Crippen LogP contribution in [0.25, 0.3) is 0 Å². The third kappa shape index (κ3) is 4.86. The van der Waals surface area contributed by atoms with Crippen LogP contribution in [0.2, 0.25) is 0 Å². The number of hydrogen-bond acceptors (Lipinski definition) is 4. The van der Waals surface area contributed by atoms with Crippen molar-refractivity contribution in [2.24, 2.45) is 11.8 Å². The number of carbonyl (C=O) groups excluding carboxylic acids is 1. The summed E-state index contributed by atoms with van der Waals surface area (Å²) in [5.74, 6) is 0.526. The van der Waals surface area contributed by atoms with Gasteiger partial charge >= 0.3 is 12.3 Å². The van der Waals surface area contributed by atoms with Crippen LogP contribution < -0.4 is 4.90 Å². The molecule has 2 aromatic rings. The van der Waals surface area contributed by atoms with E-state index < -0.39 is 23.4 Å². The third-order valence-electron chi connectivity index (χ3n) is 8.22. The molecule has 3 fully saturated rings. The highest BCUT2D eigenvalue weighted by atomic mass is 19.4. The molecule has 0 aliphatic carbocycles.